The summed E-state index contributed by atoms with van der Waals surface area (Å²) in [5, 5.41) is 23.2. The smallest absolute Gasteiger partial charge is 0.221 e. The van der Waals surface area contributed by atoms with E-state index in [0.717, 1.165) is 114 Å². The van der Waals surface area contributed by atoms with Crippen molar-refractivity contribution < 1.29 is 4.42 Å². The molecule has 0 fully saturated rings. The molecule has 7 heteroatoms. The first-order valence-corrected chi connectivity index (χ1v) is 24.5. The molecule has 5 aromatic heterocycles. The minimum Gasteiger partial charge on any atom is -0.456 e. The van der Waals surface area contributed by atoms with E-state index in [-0.39, 0.29) is 0 Å². The van der Waals surface area contributed by atoms with Gasteiger partial charge in [-0.05, 0) is 41.5 Å². The Bertz CT molecular complexity index is 4600. The topological polar surface area (TPSA) is 51.1 Å². The third-order valence-corrected chi connectivity index (χ3v) is 16.6. The fraction of sp³-hybridized carbons (Fsp3) is 0. The maximum absolute atomic E-state index is 12.2. The molecule has 0 radical (unpaired) electrons. The Morgan fingerprint density at radius 1 is 0.435 bits per heavy atom. The summed E-state index contributed by atoms with van der Waals surface area (Å²) in [5.41, 5.74) is 10.8. The van der Waals surface area contributed by atoms with Crippen molar-refractivity contribution in [3.63, 3.8) is 0 Å². The van der Waals surface area contributed by atoms with Crippen molar-refractivity contribution in [1.82, 2.24) is 9.13 Å². The number of para-hydroxylation sites is 2. The maximum Gasteiger partial charge on any atom is 0.221 e. The molecule has 0 amide bonds. The summed E-state index contributed by atoms with van der Waals surface area (Å²) in [7, 11) is 0. The summed E-state index contributed by atoms with van der Waals surface area (Å²) in [6.45, 7) is 9.54. The Hall–Kier alpha value is -8.98. The number of hydrogen-bond acceptors (Lipinski definition) is 4. The van der Waals surface area contributed by atoms with E-state index >= 15 is 0 Å². The van der Waals surface area contributed by atoms with Gasteiger partial charge in [0.25, 0.3) is 0 Å². The average molecular weight is 913 g/mol. The normalized spacial score (nSPS) is 12.0. The number of hydrogen-bond donors (Lipinski definition) is 0. The van der Waals surface area contributed by atoms with Crippen LogP contribution in [0.4, 0.5) is 5.69 Å². The van der Waals surface area contributed by atoms with Crippen molar-refractivity contribution in [2.24, 2.45) is 0 Å². The van der Waals surface area contributed by atoms with Gasteiger partial charge in [-0.3, -0.25) is 0 Å². The van der Waals surface area contributed by atoms with Gasteiger partial charge in [0.2, 0.25) is 5.69 Å². The number of benzene rings is 10. The number of thiophene rings is 2. The SMILES string of the molecule is [C-]#[N+]c1c(-c2ccccc2)c(-n2c3ccccc3c3cc4c(cc32)oc2ccccc24)c(-c2ccccc2)c(C#N)c1-n1c2c(ccc3c4ccccc4sc32)c2ccc3c4ccccc4sc3c21. The first-order valence-electron chi connectivity index (χ1n) is 22.8. The lowest BCUT2D eigenvalue weighted by molar-refractivity contribution is 0.669. The maximum atomic E-state index is 12.2. The van der Waals surface area contributed by atoms with Gasteiger partial charge in [-0.15, -0.1) is 22.7 Å². The predicted molar refractivity (Wildman–Crippen MR) is 290 cm³/mol. The summed E-state index contributed by atoms with van der Waals surface area (Å²) in [6, 6.07) is 70.7. The largest absolute Gasteiger partial charge is 0.456 e. The minimum atomic E-state index is 0.401. The monoisotopic (exact) mass is 912 g/mol. The van der Waals surface area contributed by atoms with E-state index in [9.17, 15) is 11.8 Å². The Morgan fingerprint density at radius 2 is 0.971 bits per heavy atom. The summed E-state index contributed by atoms with van der Waals surface area (Å²) < 4.78 is 15.8. The Morgan fingerprint density at radius 3 is 1.59 bits per heavy atom. The van der Waals surface area contributed by atoms with Crippen molar-refractivity contribution in [2.45, 2.75) is 0 Å². The van der Waals surface area contributed by atoms with Crippen LogP contribution in [0, 0.1) is 17.9 Å². The zero-order valence-corrected chi connectivity index (χ0v) is 38.1. The third-order valence-electron chi connectivity index (χ3n) is 14.2. The third kappa shape index (κ3) is 5.15. The fourth-order valence-corrected chi connectivity index (χ4v) is 13.8. The number of rotatable bonds is 4. The average Bonchev–Trinajstić information content (AvgIpc) is 4.22. The van der Waals surface area contributed by atoms with E-state index in [1.54, 1.807) is 22.7 Å². The van der Waals surface area contributed by atoms with E-state index in [1.807, 2.05) is 48.5 Å². The summed E-state index contributed by atoms with van der Waals surface area (Å²) >= 11 is 3.54. The molecule has 0 aliphatic carbocycles. The van der Waals surface area contributed by atoms with E-state index in [1.165, 1.54) is 20.2 Å². The highest BCUT2D eigenvalue weighted by Crippen LogP contribution is 2.55. The van der Waals surface area contributed by atoms with Crippen LogP contribution < -0.4 is 0 Å². The highest BCUT2D eigenvalue weighted by Gasteiger charge is 2.33. The van der Waals surface area contributed by atoms with Gasteiger partial charge in [0.05, 0.1) is 55.0 Å². The molecule has 0 aliphatic rings. The number of fused-ring (bicyclic) bond motifs is 17. The molecule has 0 saturated heterocycles. The molecule has 15 rings (SSSR count). The van der Waals surface area contributed by atoms with Gasteiger partial charge in [-0.1, -0.05) is 158 Å². The number of nitrogens with zero attached hydrogens (tertiary/aromatic N) is 4. The van der Waals surface area contributed by atoms with Crippen LogP contribution in [0.25, 0.3) is 144 Å². The number of furan rings is 1. The molecule has 0 atom stereocenters. The zero-order chi connectivity index (χ0) is 45.5. The van der Waals surface area contributed by atoms with Gasteiger partial charge < -0.3 is 13.6 Å². The molecule has 0 N–H and O–H groups in total. The van der Waals surface area contributed by atoms with Gasteiger partial charge in [-0.2, -0.15) is 5.26 Å². The molecule has 5 heterocycles. The van der Waals surface area contributed by atoms with Crippen LogP contribution in [0.2, 0.25) is 0 Å². The van der Waals surface area contributed by atoms with Gasteiger partial charge in [-0.25, -0.2) is 4.85 Å². The van der Waals surface area contributed by atoms with Crippen LogP contribution in [0.3, 0.4) is 0 Å². The van der Waals surface area contributed by atoms with Gasteiger partial charge >= 0.3 is 0 Å². The second-order valence-electron chi connectivity index (χ2n) is 17.7. The van der Waals surface area contributed by atoms with Crippen LogP contribution in [0.1, 0.15) is 5.56 Å². The van der Waals surface area contributed by atoms with Gasteiger partial charge in [0.15, 0.2) is 0 Å². The molecular formula is C62H32N4OS2. The lowest BCUT2D eigenvalue weighted by Crippen LogP contribution is -2.08. The molecule has 318 valence electrons. The zero-order valence-electron chi connectivity index (χ0n) is 36.5. The van der Waals surface area contributed by atoms with Crippen molar-refractivity contribution in [1.29, 1.82) is 5.26 Å². The first-order chi connectivity index (χ1) is 34.2. The summed E-state index contributed by atoms with van der Waals surface area (Å²) in [5.74, 6) is 0. The van der Waals surface area contributed by atoms with Gasteiger partial charge in [0, 0.05) is 80.5 Å². The van der Waals surface area contributed by atoms with E-state index in [4.69, 9.17) is 4.42 Å². The van der Waals surface area contributed by atoms with Crippen LogP contribution in [0.15, 0.2) is 199 Å². The molecule has 10 aromatic carbocycles. The van der Waals surface area contributed by atoms with Crippen molar-refractivity contribution in [3.8, 4) is 39.7 Å². The van der Waals surface area contributed by atoms with Crippen molar-refractivity contribution in [2.75, 3.05) is 0 Å². The standard InChI is InChI=1S/C62H32N4OS2/c1-64-56-55(36-18-6-3-7-19-36)60(65-48-24-12-8-20-37(48)45-32-46-38-21-9-13-25-50(38)67-51(46)33-49(45)65)54(35-16-4-2-5-17-35)47(34-63)57(56)66-58-41(28-30-43-39-22-10-14-26-52(39)68-61(43)58)42-29-31-44-40-23-11-15-27-53(40)69-62(44)59(42)66/h2-33H. The fourth-order valence-electron chi connectivity index (χ4n) is 11.3. The molecule has 69 heavy (non-hydrogen) atoms. The Balaban J connectivity index is 1.21. The first kappa shape index (κ1) is 38.2. The minimum absolute atomic E-state index is 0.401. The second-order valence-corrected chi connectivity index (χ2v) is 19.8. The molecule has 5 nitrogen and oxygen atoms in total. The second kappa shape index (κ2) is 14.3. The van der Waals surface area contributed by atoms with Crippen molar-refractivity contribution in [3.05, 3.63) is 211 Å². The quantitative estimate of drug-likeness (QED) is 0.165. The molecule has 15 aromatic rings. The van der Waals surface area contributed by atoms with E-state index < -0.39 is 0 Å². The lowest BCUT2D eigenvalue weighted by atomic mass is 9.88. The molecule has 0 saturated carbocycles. The van der Waals surface area contributed by atoms with E-state index in [0.29, 0.717) is 16.9 Å². The van der Waals surface area contributed by atoms with E-state index in [2.05, 4.69) is 166 Å². The summed E-state index contributed by atoms with van der Waals surface area (Å²) in [6.07, 6.45) is 0. The van der Waals surface area contributed by atoms with Gasteiger partial charge in [0.1, 0.15) is 17.2 Å². The number of nitriles is 1. The van der Waals surface area contributed by atoms with Crippen LogP contribution >= 0.6 is 22.7 Å². The predicted octanol–water partition coefficient (Wildman–Crippen LogP) is 18.3. The van der Waals surface area contributed by atoms with Crippen LogP contribution in [-0.4, -0.2) is 9.13 Å². The van der Waals surface area contributed by atoms with Crippen LogP contribution in [0.5, 0.6) is 0 Å². The molecule has 0 bridgehead atoms. The Labute approximate surface area is 401 Å². The number of aromatic nitrogens is 2. The molecule has 0 aliphatic heterocycles. The summed E-state index contributed by atoms with van der Waals surface area (Å²) in [4.78, 5) is 4.67. The molecule has 0 unspecified atom stereocenters. The van der Waals surface area contributed by atoms with Crippen molar-refractivity contribution >= 4 is 134 Å². The molecule has 0 spiro atoms. The highest BCUT2D eigenvalue weighted by atomic mass is 32.1. The molecular weight excluding hydrogens is 881 g/mol. The Kier molecular flexibility index (Phi) is 7.89. The van der Waals surface area contributed by atoms with Crippen LogP contribution in [-0.2, 0) is 0 Å². The highest BCUT2D eigenvalue weighted by molar-refractivity contribution is 7.27. The lowest BCUT2D eigenvalue weighted by Gasteiger charge is -2.25.